The number of para-hydroxylation sites is 1. The van der Waals surface area contributed by atoms with Crippen molar-refractivity contribution in [2.24, 2.45) is 0 Å². The first-order valence-corrected chi connectivity index (χ1v) is 10.2. The maximum absolute atomic E-state index is 13.6. The van der Waals surface area contributed by atoms with Crippen molar-refractivity contribution < 1.29 is 9.18 Å². The van der Waals surface area contributed by atoms with Crippen LogP contribution in [0.2, 0.25) is 0 Å². The smallest absolute Gasteiger partial charge is 0.286 e. The van der Waals surface area contributed by atoms with Crippen LogP contribution in [0.1, 0.15) is 15.4 Å². The van der Waals surface area contributed by atoms with E-state index >= 15 is 0 Å². The predicted molar refractivity (Wildman–Crippen MR) is 103 cm³/mol. The summed E-state index contributed by atoms with van der Waals surface area (Å²) in [6.07, 6.45) is 0. The van der Waals surface area contributed by atoms with Crippen LogP contribution in [0.4, 0.5) is 9.52 Å². The number of carbonyl (C=O) groups is 1. The monoisotopic (exact) mass is 402 g/mol. The van der Waals surface area contributed by atoms with Crippen molar-refractivity contribution >= 4 is 55.7 Å². The van der Waals surface area contributed by atoms with Gasteiger partial charge in [0, 0.05) is 5.75 Å². The Morgan fingerprint density at radius 1 is 1.08 bits per heavy atom. The van der Waals surface area contributed by atoms with Gasteiger partial charge in [-0.25, -0.2) is 9.37 Å². The molecule has 0 aliphatic carbocycles. The van der Waals surface area contributed by atoms with Crippen LogP contribution in [0, 0.1) is 5.82 Å². The number of aromatic nitrogens is 3. The number of carbonyl (C=O) groups excluding carboxylic acids is 1. The van der Waals surface area contributed by atoms with Crippen molar-refractivity contribution in [1.29, 1.82) is 0 Å². The number of nitrogens with one attached hydrogen (secondary N) is 1. The summed E-state index contributed by atoms with van der Waals surface area (Å²) in [6.45, 7) is 0. The number of thioether (sulfide) groups is 1. The number of rotatable bonds is 5. The topological polar surface area (TPSA) is 67.8 Å². The van der Waals surface area contributed by atoms with E-state index in [0.29, 0.717) is 25.8 Å². The molecule has 0 bridgehead atoms. The molecular formula is C17H11FN4OS3. The Bertz CT molecular complexity index is 1050. The van der Waals surface area contributed by atoms with Gasteiger partial charge in [-0.1, -0.05) is 53.4 Å². The van der Waals surface area contributed by atoms with Gasteiger partial charge in [0.1, 0.15) is 5.82 Å². The zero-order valence-electron chi connectivity index (χ0n) is 13.2. The number of hydrogen-bond donors (Lipinski definition) is 1. The van der Waals surface area contributed by atoms with Gasteiger partial charge in [0.05, 0.1) is 10.2 Å². The van der Waals surface area contributed by atoms with E-state index in [4.69, 9.17) is 0 Å². The fraction of sp³-hybridized carbons (Fsp3) is 0.0588. The molecule has 0 aliphatic rings. The molecule has 9 heteroatoms. The fourth-order valence-corrected chi connectivity index (χ4v) is 4.79. The van der Waals surface area contributed by atoms with E-state index in [1.54, 1.807) is 18.2 Å². The summed E-state index contributed by atoms with van der Waals surface area (Å²) >= 11 is 3.95. The van der Waals surface area contributed by atoms with Gasteiger partial charge in [-0.2, -0.15) is 0 Å². The van der Waals surface area contributed by atoms with Crippen LogP contribution in [-0.2, 0) is 5.75 Å². The first-order chi connectivity index (χ1) is 12.7. The number of amides is 1. The molecule has 4 aromatic rings. The Morgan fingerprint density at radius 3 is 2.73 bits per heavy atom. The molecule has 0 fully saturated rings. The SMILES string of the molecule is O=C(Nc1nnc(SCc2ccccc2F)s1)c1nc2ccccc2s1. The van der Waals surface area contributed by atoms with Crippen LogP contribution < -0.4 is 5.32 Å². The molecule has 0 aliphatic heterocycles. The molecule has 1 amide bonds. The first kappa shape index (κ1) is 17.1. The van der Waals surface area contributed by atoms with Crippen molar-refractivity contribution in [3.8, 4) is 0 Å². The van der Waals surface area contributed by atoms with Crippen LogP contribution in [0.15, 0.2) is 52.9 Å². The molecule has 130 valence electrons. The third-order valence-electron chi connectivity index (χ3n) is 3.42. The van der Waals surface area contributed by atoms with Crippen molar-refractivity contribution in [1.82, 2.24) is 15.2 Å². The molecule has 0 unspecified atom stereocenters. The lowest BCUT2D eigenvalue weighted by Gasteiger charge is -1.99. The average molecular weight is 403 g/mol. The highest BCUT2D eigenvalue weighted by molar-refractivity contribution is 8.00. The normalized spacial score (nSPS) is 11.0. The molecule has 4 rings (SSSR count). The van der Waals surface area contributed by atoms with E-state index in [1.165, 1.54) is 40.5 Å². The Labute approximate surface area is 160 Å². The quantitative estimate of drug-likeness (QED) is 0.382. The number of fused-ring (bicyclic) bond motifs is 1. The molecular weight excluding hydrogens is 391 g/mol. The molecule has 1 N–H and O–H groups in total. The zero-order valence-corrected chi connectivity index (χ0v) is 15.6. The number of thiazole rings is 1. The summed E-state index contributed by atoms with van der Waals surface area (Å²) in [5.41, 5.74) is 1.40. The van der Waals surface area contributed by atoms with Gasteiger partial charge in [0.2, 0.25) is 5.13 Å². The van der Waals surface area contributed by atoms with Gasteiger partial charge >= 0.3 is 0 Å². The molecule has 0 atom stereocenters. The average Bonchev–Trinajstić information content (AvgIpc) is 3.27. The molecule has 0 saturated heterocycles. The number of nitrogens with zero attached hydrogens (tertiary/aromatic N) is 3. The standard InChI is InChI=1S/C17H11FN4OS3/c18-11-6-2-1-5-10(11)9-24-17-22-21-16(26-17)20-14(23)15-19-12-7-3-4-8-13(12)25-15/h1-8H,9H2,(H,20,21,23). The second-order valence-corrected chi connectivity index (χ2v) is 8.42. The molecule has 0 spiro atoms. The maximum atomic E-state index is 13.6. The molecule has 0 saturated carbocycles. The number of hydrogen-bond acceptors (Lipinski definition) is 7. The molecule has 2 aromatic carbocycles. The van der Waals surface area contributed by atoms with Crippen molar-refractivity contribution in [3.05, 3.63) is 64.9 Å². The van der Waals surface area contributed by atoms with Gasteiger partial charge in [-0.05, 0) is 23.8 Å². The van der Waals surface area contributed by atoms with E-state index in [-0.39, 0.29) is 11.7 Å². The lowest BCUT2D eigenvalue weighted by atomic mass is 10.2. The Balaban J connectivity index is 1.41. The fourth-order valence-electron chi connectivity index (χ4n) is 2.19. The van der Waals surface area contributed by atoms with Gasteiger partial charge in [0.25, 0.3) is 5.91 Å². The van der Waals surface area contributed by atoms with Gasteiger partial charge in [0.15, 0.2) is 9.35 Å². The second-order valence-electron chi connectivity index (χ2n) is 5.19. The number of benzene rings is 2. The van der Waals surface area contributed by atoms with Crippen LogP contribution in [0.3, 0.4) is 0 Å². The maximum Gasteiger partial charge on any atom is 0.286 e. The van der Waals surface area contributed by atoms with Gasteiger partial charge in [-0.15, -0.1) is 21.5 Å². The van der Waals surface area contributed by atoms with E-state index in [2.05, 4.69) is 20.5 Å². The Morgan fingerprint density at radius 2 is 1.88 bits per heavy atom. The Kier molecular flexibility index (Phi) is 4.91. The third-order valence-corrected chi connectivity index (χ3v) is 6.48. The minimum absolute atomic E-state index is 0.242. The van der Waals surface area contributed by atoms with Gasteiger partial charge < -0.3 is 0 Å². The lowest BCUT2D eigenvalue weighted by molar-refractivity contribution is 0.102. The van der Waals surface area contributed by atoms with E-state index in [0.717, 1.165) is 10.2 Å². The summed E-state index contributed by atoms with van der Waals surface area (Å²) < 4.78 is 15.3. The highest BCUT2D eigenvalue weighted by atomic mass is 32.2. The number of anilines is 1. The second kappa shape index (κ2) is 7.48. The number of halogens is 1. The highest BCUT2D eigenvalue weighted by Crippen LogP contribution is 2.29. The van der Waals surface area contributed by atoms with E-state index < -0.39 is 0 Å². The zero-order chi connectivity index (χ0) is 17.9. The van der Waals surface area contributed by atoms with Crippen LogP contribution >= 0.6 is 34.4 Å². The molecule has 2 heterocycles. The predicted octanol–water partition coefficient (Wildman–Crippen LogP) is 4.83. The van der Waals surface area contributed by atoms with Crippen LogP contribution in [-0.4, -0.2) is 21.1 Å². The first-order valence-electron chi connectivity index (χ1n) is 7.56. The summed E-state index contributed by atoms with van der Waals surface area (Å²) in [5, 5.41) is 11.5. The van der Waals surface area contributed by atoms with E-state index in [1.807, 2.05) is 24.3 Å². The summed E-state index contributed by atoms with van der Waals surface area (Å²) in [6, 6.07) is 14.2. The lowest BCUT2D eigenvalue weighted by Crippen LogP contribution is -2.11. The van der Waals surface area contributed by atoms with Crippen LogP contribution in [0.25, 0.3) is 10.2 Å². The molecule has 5 nitrogen and oxygen atoms in total. The van der Waals surface area contributed by atoms with Gasteiger partial charge in [-0.3, -0.25) is 10.1 Å². The molecule has 0 radical (unpaired) electrons. The minimum Gasteiger partial charge on any atom is -0.294 e. The molecule has 26 heavy (non-hydrogen) atoms. The highest BCUT2D eigenvalue weighted by Gasteiger charge is 2.15. The summed E-state index contributed by atoms with van der Waals surface area (Å²) in [5.74, 6) is -0.102. The minimum atomic E-state index is -0.312. The van der Waals surface area contributed by atoms with Crippen molar-refractivity contribution in [2.45, 2.75) is 10.1 Å². The third kappa shape index (κ3) is 3.74. The molecule has 2 aromatic heterocycles. The van der Waals surface area contributed by atoms with Crippen molar-refractivity contribution in [3.63, 3.8) is 0 Å². The van der Waals surface area contributed by atoms with Crippen LogP contribution in [0.5, 0.6) is 0 Å². The summed E-state index contributed by atoms with van der Waals surface area (Å²) in [7, 11) is 0. The Hall–Kier alpha value is -2.36. The van der Waals surface area contributed by atoms with E-state index in [9.17, 15) is 9.18 Å². The largest absolute Gasteiger partial charge is 0.294 e. The summed E-state index contributed by atoms with van der Waals surface area (Å²) in [4.78, 5) is 16.7. The van der Waals surface area contributed by atoms with Crippen molar-refractivity contribution in [2.75, 3.05) is 5.32 Å².